The number of hydrogen-bond donors (Lipinski definition) is 1. The van der Waals surface area contributed by atoms with Gasteiger partial charge < -0.3 is 5.11 Å². The van der Waals surface area contributed by atoms with Crippen LogP contribution in [0.4, 0.5) is 5.69 Å². The number of fused-ring (bicyclic) bond motifs is 1. The van der Waals surface area contributed by atoms with Crippen molar-refractivity contribution in [2.45, 2.75) is 16.7 Å². The standard InChI is InChI=1S/C13H10N4O3S/c18-8-9-7-10(17(19)20)4-5-11(9)21-13-15-14-12-3-1-2-6-16(12)13/h1-7,18H,8H2. The van der Waals surface area contributed by atoms with Crippen LogP contribution in [0.1, 0.15) is 5.56 Å². The molecular weight excluding hydrogens is 292 g/mol. The van der Waals surface area contributed by atoms with Crippen molar-refractivity contribution in [2.75, 3.05) is 0 Å². The second-order valence-electron chi connectivity index (χ2n) is 4.22. The molecular formula is C13H10N4O3S. The minimum atomic E-state index is -0.486. The second kappa shape index (κ2) is 5.51. The van der Waals surface area contributed by atoms with Gasteiger partial charge in [0.25, 0.3) is 5.69 Å². The molecule has 0 spiro atoms. The topological polar surface area (TPSA) is 93.6 Å². The summed E-state index contributed by atoms with van der Waals surface area (Å²) in [4.78, 5) is 11.0. The van der Waals surface area contributed by atoms with Crippen LogP contribution in [0, 0.1) is 10.1 Å². The lowest BCUT2D eigenvalue weighted by atomic mass is 10.2. The number of rotatable bonds is 4. The molecule has 1 aromatic carbocycles. The van der Waals surface area contributed by atoms with E-state index >= 15 is 0 Å². The van der Waals surface area contributed by atoms with Gasteiger partial charge in [0.2, 0.25) is 0 Å². The van der Waals surface area contributed by atoms with Crippen LogP contribution >= 0.6 is 11.8 Å². The molecule has 0 bridgehead atoms. The Balaban J connectivity index is 1.99. The molecule has 3 rings (SSSR count). The van der Waals surface area contributed by atoms with Crippen molar-refractivity contribution in [1.82, 2.24) is 14.6 Å². The summed E-state index contributed by atoms with van der Waals surface area (Å²) < 4.78 is 1.81. The number of hydrogen-bond acceptors (Lipinski definition) is 6. The quantitative estimate of drug-likeness (QED) is 0.587. The fourth-order valence-corrected chi connectivity index (χ4v) is 2.81. The van der Waals surface area contributed by atoms with Crippen LogP contribution in [0.3, 0.4) is 0 Å². The van der Waals surface area contributed by atoms with Gasteiger partial charge in [-0.25, -0.2) is 0 Å². The zero-order chi connectivity index (χ0) is 14.8. The van der Waals surface area contributed by atoms with Gasteiger partial charge in [0.15, 0.2) is 10.8 Å². The molecule has 0 unspecified atom stereocenters. The van der Waals surface area contributed by atoms with Crippen molar-refractivity contribution >= 4 is 23.1 Å². The fourth-order valence-electron chi connectivity index (χ4n) is 1.89. The number of aromatic nitrogens is 3. The van der Waals surface area contributed by atoms with Crippen molar-refractivity contribution < 1.29 is 10.0 Å². The van der Waals surface area contributed by atoms with Crippen LogP contribution in [0.5, 0.6) is 0 Å². The lowest BCUT2D eigenvalue weighted by Crippen LogP contribution is -1.94. The third-order valence-electron chi connectivity index (χ3n) is 2.91. The maximum Gasteiger partial charge on any atom is 0.269 e. The Bertz CT molecular complexity index is 818. The SMILES string of the molecule is O=[N+]([O-])c1ccc(Sc2nnc3ccccn23)c(CO)c1. The van der Waals surface area contributed by atoms with E-state index in [2.05, 4.69) is 10.2 Å². The Morgan fingerprint density at radius 1 is 1.29 bits per heavy atom. The monoisotopic (exact) mass is 302 g/mol. The molecule has 21 heavy (non-hydrogen) atoms. The van der Waals surface area contributed by atoms with Gasteiger partial charge in [-0.05, 0) is 35.5 Å². The largest absolute Gasteiger partial charge is 0.392 e. The fraction of sp³-hybridized carbons (Fsp3) is 0.0769. The molecule has 1 N–H and O–H groups in total. The van der Waals surface area contributed by atoms with E-state index in [0.717, 1.165) is 0 Å². The Morgan fingerprint density at radius 2 is 2.14 bits per heavy atom. The first-order valence-electron chi connectivity index (χ1n) is 6.05. The number of aliphatic hydroxyl groups excluding tert-OH is 1. The van der Waals surface area contributed by atoms with Crippen LogP contribution in [-0.2, 0) is 6.61 Å². The first-order valence-corrected chi connectivity index (χ1v) is 6.86. The van der Waals surface area contributed by atoms with E-state index in [1.807, 2.05) is 28.8 Å². The minimum Gasteiger partial charge on any atom is -0.392 e. The van der Waals surface area contributed by atoms with E-state index in [9.17, 15) is 15.2 Å². The number of non-ortho nitro benzene ring substituents is 1. The van der Waals surface area contributed by atoms with Crippen LogP contribution in [0.25, 0.3) is 5.65 Å². The molecule has 0 aliphatic carbocycles. The third-order valence-corrected chi connectivity index (χ3v) is 3.99. The molecule has 3 aromatic rings. The number of aliphatic hydroxyl groups is 1. The Hall–Kier alpha value is -2.45. The predicted molar refractivity (Wildman–Crippen MR) is 76.1 cm³/mol. The van der Waals surface area contributed by atoms with Crippen LogP contribution in [0.15, 0.2) is 52.6 Å². The van der Waals surface area contributed by atoms with E-state index in [4.69, 9.17) is 0 Å². The summed E-state index contributed by atoms with van der Waals surface area (Å²) in [6.45, 7) is -0.277. The summed E-state index contributed by atoms with van der Waals surface area (Å²) in [6.07, 6.45) is 1.83. The molecule has 7 nitrogen and oxygen atoms in total. The Labute approximate surface area is 123 Å². The summed E-state index contributed by atoms with van der Waals surface area (Å²) in [5.74, 6) is 0. The van der Waals surface area contributed by atoms with Gasteiger partial charge in [-0.2, -0.15) is 0 Å². The maximum atomic E-state index is 10.8. The summed E-state index contributed by atoms with van der Waals surface area (Å²) >= 11 is 1.30. The van der Waals surface area contributed by atoms with E-state index in [-0.39, 0.29) is 12.3 Å². The molecule has 2 aromatic heterocycles. The van der Waals surface area contributed by atoms with E-state index < -0.39 is 4.92 Å². The van der Waals surface area contributed by atoms with Gasteiger partial charge in [-0.15, -0.1) is 10.2 Å². The first-order chi connectivity index (χ1) is 10.2. The second-order valence-corrected chi connectivity index (χ2v) is 5.23. The normalized spacial score (nSPS) is 10.9. The summed E-state index contributed by atoms with van der Waals surface area (Å²) in [5.41, 5.74) is 1.16. The summed E-state index contributed by atoms with van der Waals surface area (Å²) in [5, 5.41) is 28.9. The zero-order valence-corrected chi connectivity index (χ0v) is 11.5. The molecule has 0 aliphatic heterocycles. The predicted octanol–water partition coefficient (Wildman–Crippen LogP) is 2.28. The number of pyridine rings is 1. The molecule has 0 saturated heterocycles. The molecule has 0 radical (unpaired) electrons. The Morgan fingerprint density at radius 3 is 2.90 bits per heavy atom. The third kappa shape index (κ3) is 2.58. The molecule has 0 atom stereocenters. The van der Waals surface area contributed by atoms with E-state index in [0.29, 0.717) is 21.3 Å². The van der Waals surface area contributed by atoms with Crippen molar-refractivity contribution in [3.05, 3.63) is 58.3 Å². The van der Waals surface area contributed by atoms with Crippen LogP contribution in [0.2, 0.25) is 0 Å². The smallest absolute Gasteiger partial charge is 0.269 e. The van der Waals surface area contributed by atoms with E-state index in [1.165, 1.54) is 23.9 Å². The van der Waals surface area contributed by atoms with Crippen LogP contribution in [-0.4, -0.2) is 24.6 Å². The van der Waals surface area contributed by atoms with Gasteiger partial charge >= 0.3 is 0 Å². The molecule has 0 fully saturated rings. The minimum absolute atomic E-state index is 0.0468. The molecule has 0 aliphatic rings. The molecule has 0 saturated carbocycles. The number of benzene rings is 1. The van der Waals surface area contributed by atoms with E-state index in [1.54, 1.807) is 6.07 Å². The number of nitro benzene ring substituents is 1. The van der Waals surface area contributed by atoms with Gasteiger partial charge in [-0.3, -0.25) is 14.5 Å². The highest BCUT2D eigenvalue weighted by Gasteiger charge is 2.13. The molecule has 2 heterocycles. The van der Waals surface area contributed by atoms with Crippen molar-refractivity contribution in [1.29, 1.82) is 0 Å². The highest BCUT2D eigenvalue weighted by Crippen LogP contribution is 2.31. The average molecular weight is 302 g/mol. The molecule has 8 heteroatoms. The first kappa shape index (κ1) is 13.5. The van der Waals surface area contributed by atoms with Crippen molar-refractivity contribution in [2.24, 2.45) is 0 Å². The lowest BCUT2D eigenvalue weighted by Gasteiger charge is -2.05. The summed E-state index contributed by atoms with van der Waals surface area (Å²) in [7, 11) is 0. The lowest BCUT2D eigenvalue weighted by molar-refractivity contribution is -0.385. The highest BCUT2D eigenvalue weighted by molar-refractivity contribution is 7.99. The van der Waals surface area contributed by atoms with Crippen molar-refractivity contribution in [3.8, 4) is 0 Å². The number of nitro groups is 1. The summed E-state index contributed by atoms with van der Waals surface area (Å²) in [6, 6.07) is 9.95. The maximum absolute atomic E-state index is 10.8. The van der Waals surface area contributed by atoms with Gasteiger partial charge in [0.1, 0.15) is 0 Å². The van der Waals surface area contributed by atoms with Gasteiger partial charge in [0, 0.05) is 23.2 Å². The number of nitrogens with zero attached hydrogens (tertiary/aromatic N) is 4. The average Bonchev–Trinajstić information content (AvgIpc) is 2.91. The van der Waals surface area contributed by atoms with Gasteiger partial charge in [-0.1, -0.05) is 6.07 Å². The van der Waals surface area contributed by atoms with Crippen LogP contribution < -0.4 is 0 Å². The Kier molecular flexibility index (Phi) is 3.55. The molecule has 0 amide bonds. The molecule has 106 valence electrons. The van der Waals surface area contributed by atoms with Gasteiger partial charge in [0.05, 0.1) is 11.5 Å². The highest BCUT2D eigenvalue weighted by atomic mass is 32.2. The zero-order valence-electron chi connectivity index (χ0n) is 10.7. The van der Waals surface area contributed by atoms with Crippen molar-refractivity contribution in [3.63, 3.8) is 0 Å².